The van der Waals surface area contributed by atoms with E-state index < -0.39 is 17.9 Å². The maximum atomic E-state index is 12.9. The molecule has 1 N–H and O–H groups in total. The molecule has 0 saturated heterocycles. The van der Waals surface area contributed by atoms with E-state index in [1.54, 1.807) is 0 Å². The van der Waals surface area contributed by atoms with Crippen molar-refractivity contribution >= 4 is 11.8 Å². The Bertz CT molecular complexity index is 766. The number of carbonyl (C=O) groups is 1. The lowest BCUT2D eigenvalue weighted by atomic mass is 9.75. The summed E-state index contributed by atoms with van der Waals surface area (Å²) in [6.07, 6.45) is -0.629. The summed E-state index contributed by atoms with van der Waals surface area (Å²) in [5.41, 5.74) is 2.19. The van der Waals surface area contributed by atoms with Crippen molar-refractivity contribution in [1.82, 2.24) is 0 Å². The first-order valence-electron chi connectivity index (χ1n) is 9.17. The highest BCUT2D eigenvalue weighted by Crippen LogP contribution is 2.48. The number of aliphatic hydroxyl groups excluding tert-OH is 1. The lowest BCUT2D eigenvalue weighted by molar-refractivity contribution is 0.0404. The summed E-state index contributed by atoms with van der Waals surface area (Å²) in [5.74, 6) is -0.0779. The van der Waals surface area contributed by atoms with Crippen molar-refractivity contribution in [3.63, 3.8) is 0 Å². The standard InChI is InChI=1S/C22H27NO3/c1-5-16-17-13-9-10-14-18(17)23(21(25)26-22(2,3)4)20(24)19(16)15-11-7-6-8-12-15/h6-14,16,19-20,24H,5H2,1-4H3/t16-,19+,20+/m0/s1. The van der Waals surface area contributed by atoms with Crippen molar-refractivity contribution in [3.05, 3.63) is 65.7 Å². The number of carbonyl (C=O) groups excluding carboxylic acids is 1. The Morgan fingerprint density at radius 3 is 2.31 bits per heavy atom. The van der Waals surface area contributed by atoms with Gasteiger partial charge in [0, 0.05) is 5.92 Å². The van der Waals surface area contributed by atoms with E-state index in [0.717, 1.165) is 23.2 Å². The van der Waals surface area contributed by atoms with Crippen molar-refractivity contribution in [2.24, 2.45) is 0 Å². The molecule has 1 heterocycles. The van der Waals surface area contributed by atoms with Crippen LogP contribution in [0, 0.1) is 0 Å². The van der Waals surface area contributed by atoms with Crippen LogP contribution in [0.3, 0.4) is 0 Å². The van der Waals surface area contributed by atoms with E-state index >= 15 is 0 Å². The number of hydrogen-bond acceptors (Lipinski definition) is 3. The van der Waals surface area contributed by atoms with Gasteiger partial charge in [0.15, 0.2) is 0 Å². The largest absolute Gasteiger partial charge is 0.443 e. The topological polar surface area (TPSA) is 49.8 Å². The highest BCUT2D eigenvalue weighted by molar-refractivity contribution is 5.90. The second-order valence-electron chi connectivity index (χ2n) is 7.77. The maximum Gasteiger partial charge on any atom is 0.416 e. The Balaban J connectivity index is 2.11. The van der Waals surface area contributed by atoms with Crippen LogP contribution in [0.5, 0.6) is 0 Å². The number of anilines is 1. The summed E-state index contributed by atoms with van der Waals surface area (Å²) in [6, 6.07) is 17.7. The summed E-state index contributed by atoms with van der Waals surface area (Å²) in [5, 5.41) is 11.2. The van der Waals surface area contributed by atoms with Crippen LogP contribution in [0.25, 0.3) is 0 Å². The maximum absolute atomic E-state index is 12.9. The molecule has 0 radical (unpaired) electrons. The summed E-state index contributed by atoms with van der Waals surface area (Å²) >= 11 is 0. The zero-order valence-electron chi connectivity index (χ0n) is 15.8. The normalized spacial score (nSPS) is 22.7. The van der Waals surface area contributed by atoms with Crippen LogP contribution < -0.4 is 4.90 Å². The van der Waals surface area contributed by atoms with Gasteiger partial charge in [0.05, 0.1) is 5.69 Å². The van der Waals surface area contributed by atoms with Crippen molar-refractivity contribution in [2.45, 2.75) is 57.8 Å². The molecule has 0 aliphatic carbocycles. The number of fused-ring (bicyclic) bond motifs is 1. The molecular weight excluding hydrogens is 326 g/mol. The van der Waals surface area contributed by atoms with Gasteiger partial charge in [0.25, 0.3) is 0 Å². The van der Waals surface area contributed by atoms with Gasteiger partial charge in [-0.05, 0) is 50.3 Å². The van der Waals surface area contributed by atoms with Crippen LogP contribution in [0.15, 0.2) is 54.6 Å². The summed E-state index contributed by atoms with van der Waals surface area (Å²) in [4.78, 5) is 14.3. The molecule has 4 heteroatoms. The van der Waals surface area contributed by atoms with Crippen molar-refractivity contribution in [2.75, 3.05) is 4.90 Å². The summed E-state index contributed by atoms with van der Waals surface area (Å²) in [6.45, 7) is 7.61. The van der Waals surface area contributed by atoms with Gasteiger partial charge < -0.3 is 9.84 Å². The fourth-order valence-corrected chi connectivity index (χ4v) is 3.80. The van der Waals surface area contributed by atoms with E-state index in [1.807, 2.05) is 75.4 Å². The lowest BCUT2D eigenvalue weighted by Gasteiger charge is -2.44. The minimum absolute atomic E-state index is 0.127. The highest BCUT2D eigenvalue weighted by Gasteiger charge is 2.44. The van der Waals surface area contributed by atoms with E-state index in [2.05, 4.69) is 6.92 Å². The fourth-order valence-electron chi connectivity index (χ4n) is 3.80. The van der Waals surface area contributed by atoms with Gasteiger partial charge in [-0.15, -0.1) is 0 Å². The quantitative estimate of drug-likeness (QED) is 0.823. The third kappa shape index (κ3) is 3.47. The molecule has 138 valence electrons. The first-order valence-corrected chi connectivity index (χ1v) is 9.17. The average Bonchev–Trinajstić information content (AvgIpc) is 2.59. The van der Waals surface area contributed by atoms with Gasteiger partial charge in [-0.2, -0.15) is 0 Å². The molecule has 0 spiro atoms. The molecule has 0 saturated carbocycles. The predicted molar refractivity (Wildman–Crippen MR) is 103 cm³/mol. The first kappa shape index (κ1) is 18.5. The van der Waals surface area contributed by atoms with Crippen LogP contribution in [-0.2, 0) is 4.74 Å². The number of aliphatic hydroxyl groups is 1. The Labute approximate surface area is 155 Å². The van der Waals surface area contributed by atoms with E-state index in [1.165, 1.54) is 4.90 Å². The van der Waals surface area contributed by atoms with Gasteiger partial charge in [-0.1, -0.05) is 55.5 Å². The molecule has 1 aliphatic heterocycles. The van der Waals surface area contributed by atoms with E-state index in [9.17, 15) is 9.90 Å². The molecule has 1 amide bonds. The molecule has 3 rings (SSSR count). The van der Waals surface area contributed by atoms with E-state index in [-0.39, 0.29) is 11.8 Å². The molecule has 0 bridgehead atoms. The van der Waals surface area contributed by atoms with Gasteiger partial charge in [0.2, 0.25) is 0 Å². The number of para-hydroxylation sites is 1. The van der Waals surface area contributed by atoms with Crippen LogP contribution in [0.4, 0.5) is 10.5 Å². The second kappa shape index (κ2) is 7.12. The van der Waals surface area contributed by atoms with Crippen molar-refractivity contribution < 1.29 is 14.6 Å². The molecule has 26 heavy (non-hydrogen) atoms. The molecule has 2 aromatic carbocycles. The van der Waals surface area contributed by atoms with Gasteiger partial charge in [0.1, 0.15) is 11.8 Å². The van der Waals surface area contributed by atoms with Crippen molar-refractivity contribution in [3.8, 4) is 0 Å². The number of amides is 1. The molecule has 0 unspecified atom stereocenters. The number of benzene rings is 2. The smallest absolute Gasteiger partial charge is 0.416 e. The molecule has 0 fully saturated rings. The fraction of sp³-hybridized carbons (Fsp3) is 0.409. The predicted octanol–water partition coefficient (Wildman–Crippen LogP) is 5.04. The Kier molecular flexibility index (Phi) is 5.05. The number of nitrogens with zero attached hydrogens (tertiary/aromatic N) is 1. The third-order valence-corrected chi connectivity index (χ3v) is 4.83. The molecule has 3 atom stereocenters. The monoisotopic (exact) mass is 353 g/mol. The summed E-state index contributed by atoms with van der Waals surface area (Å²) in [7, 11) is 0. The molecule has 4 nitrogen and oxygen atoms in total. The molecule has 1 aliphatic rings. The Morgan fingerprint density at radius 2 is 1.69 bits per heavy atom. The van der Waals surface area contributed by atoms with Crippen LogP contribution in [0.1, 0.15) is 57.1 Å². The lowest BCUT2D eigenvalue weighted by Crippen LogP contribution is -2.50. The summed E-state index contributed by atoms with van der Waals surface area (Å²) < 4.78 is 5.58. The molecular formula is C22H27NO3. The zero-order chi connectivity index (χ0) is 18.9. The van der Waals surface area contributed by atoms with Crippen LogP contribution in [0.2, 0.25) is 0 Å². The van der Waals surface area contributed by atoms with Gasteiger partial charge >= 0.3 is 6.09 Å². The second-order valence-corrected chi connectivity index (χ2v) is 7.77. The number of ether oxygens (including phenoxy) is 1. The molecule has 0 aromatic heterocycles. The van der Waals surface area contributed by atoms with E-state index in [0.29, 0.717) is 0 Å². The third-order valence-electron chi connectivity index (χ3n) is 4.83. The van der Waals surface area contributed by atoms with Crippen LogP contribution >= 0.6 is 0 Å². The Morgan fingerprint density at radius 1 is 1.08 bits per heavy atom. The minimum atomic E-state index is -0.980. The first-order chi connectivity index (χ1) is 12.3. The van der Waals surface area contributed by atoms with Crippen molar-refractivity contribution in [1.29, 1.82) is 0 Å². The highest BCUT2D eigenvalue weighted by atomic mass is 16.6. The van der Waals surface area contributed by atoms with Gasteiger partial charge in [-0.3, -0.25) is 4.90 Å². The zero-order valence-corrected chi connectivity index (χ0v) is 15.8. The number of hydrogen-bond donors (Lipinski definition) is 1. The molecule has 2 aromatic rings. The Hall–Kier alpha value is -2.33. The minimum Gasteiger partial charge on any atom is -0.443 e. The van der Waals surface area contributed by atoms with E-state index in [4.69, 9.17) is 4.74 Å². The van der Waals surface area contributed by atoms with Crippen LogP contribution in [-0.4, -0.2) is 23.0 Å². The van der Waals surface area contributed by atoms with Gasteiger partial charge in [-0.25, -0.2) is 4.79 Å². The number of rotatable bonds is 2. The average molecular weight is 353 g/mol. The SMILES string of the molecule is CC[C@H]1c2ccccc2N(C(=O)OC(C)(C)C)[C@H](O)[C@@H]1c1ccccc1.